The van der Waals surface area contributed by atoms with Crippen LogP contribution in [-0.4, -0.2) is 26.3 Å². The Bertz CT molecular complexity index is 370. The molecule has 0 saturated heterocycles. The molecule has 1 aromatic rings. The average molecular weight is 218 g/mol. The molecule has 0 aromatic heterocycles. The van der Waals surface area contributed by atoms with Gasteiger partial charge in [-0.1, -0.05) is 6.07 Å². The highest BCUT2D eigenvalue weighted by Crippen LogP contribution is 2.18. The predicted molar refractivity (Wildman–Crippen MR) is 65.5 cm³/mol. The van der Waals surface area contributed by atoms with Crippen molar-refractivity contribution in [1.82, 2.24) is 0 Å². The Morgan fingerprint density at radius 1 is 1.50 bits per heavy atom. The average Bonchev–Trinajstić information content (AvgIpc) is 2.31. The van der Waals surface area contributed by atoms with Crippen LogP contribution in [0.5, 0.6) is 0 Å². The molecule has 3 nitrogen and oxygen atoms in total. The van der Waals surface area contributed by atoms with Crippen LogP contribution in [0, 0.1) is 11.3 Å². The van der Waals surface area contributed by atoms with Gasteiger partial charge in [0, 0.05) is 25.4 Å². The van der Waals surface area contributed by atoms with Crippen LogP contribution in [0.15, 0.2) is 24.3 Å². The van der Waals surface area contributed by atoms with Gasteiger partial charge in [0.25, 0.3) is 0 Å². The largest absolute Gasteiger partial charge is 0.383 e. The molecule has 0 fully saturated rings. The van der Waals surface area contributed by atoms with Crippen molar-refractivity contribution in [2.24, 2.45) is 0 Å². The van der Waals surface area contributed by atoms with Gasteiger partial charge in [0.05, 0.1) is 18.2 Å². The fourth-order valence-corrected chi connectivity index (χ4v) is 1.83. The number of hydrogen-bond acceptors (Lipinski definition) is 3. The van der Waals surface area contributed by atoms with E-state index < -0.39 is 0 Å². The predicted octanol–water partition coefficient (Wildman–Crippen LogP) is 2.42. The number of likely N-dealkylation sites (N-methyl/N-ethyl adjacent to an activating group) is 1. The summed E-state index contributed by atoms with van der Waals surface area (Å²) in [5, 5.41) is 8.87. The number of benzene rings is 1. The second kappa shape index (κ2) is 6.14. The Morgan fingerprint density at radius 3 is 2.81 bits per heavy atom. The summed E-state index contributed by atoms with van der Waals surface area (Å²) in [5.41, 5.74) is 1.77. The lowest BCUT2D eigenvalue weighted by atomic mass is 10.1. The Morgan fingerprint density at radius 2 is 2.25 bits per heavy atom. The quantitative estimate of drug-likeness (QED) is 0.761. The minimum Gasteiger partial charge on any atom is -0.383 e. The van der Waals surface area contributed by atoms with Gasteiger partial charge in [0.2, 0.25) is 0 Å². The molecule has 0 aliphatic heterocycles. The van der Waals surface area contributed by atoms with E-state index in [0.717, 1.165) is 12.2 Å². The SMILES string of the molecule is CCN(c1cccc(C#N)c1)C(C)COC. The molecular formula is C13H18N2O. The van der Waals surface area contributed by atoms with E-state index in [1.165, 1.54) is 0 Å². The van der Waals surface area contributed by atoms with Crippen molar-refractivity contribution >= 4 is 5.69 Å². The number of ether oxygens (including phenoxy) is 1. The lowest BCUT2D eigenvalue weighted by Crippen LogP contribution is -2.36. The Hall–Kier alpha value is -1.53. The van der Waals surface area contributed by atoms with Crippen molar-refractivity contribution in [3.8, 4) is 6.07 Å². The molecule has 0 N–H and O–H groups in total. The van der Waals surface area contributed by atoms with Gasteiger partial charge in [-0.3, -0.25) is 0 Å². The van der Waals surface area contributed by atoms with Crippen LogP contribution in [0.25, 0.3) is 0 Å². The van der Waals surface area contributed by atoms with Crippen LogP contribution in [0.4, 0.5) is 5.69 Å². The first-order valence-electron chi connectivity index (χ1n) is 5.48. The van der Waals surface area contributed by atoms with E-state index in [4.69, 9.17) is 10.00 Å². The number of nitriles is 1. The summed E-state index contributed by atoms with van der Waals surface area (Å²) in [7, 11) is 1.70. The highest BCUT2D eigenvalue weighted by Gasteiger charge is 2.12. The zero-order valence-corrected chi connectivity index (χ0v) is 10.1. The van der Waals surface area contributed by atoms with Crippen LogP contribution in [0.3, 0.4) is 0 Å². The fraction of sp³-hybridized carbons (Fsp3) is 0.462. The standard InChI is InChI=1S/C13H18N2O/c1-4-15(11(2)10-16-3)13-7-5-6-12(8-13)9-14/h5-8,11H,4,10H2,1-3H3. The monoisotopic (exact) mass is 218 g/mol. The highest BCUT2D eigenvalue weighted by atomic mass is 16.5. The van der Waals surface area contributed by atoms with E-state index in [2.05, 4.69) is 24.8 Å². The second-order valence-corrected chi connectivity index (χ2v) is 3.75. The zero-order valence-electron chi connectivity index (χ0n) is 10.1. The first-order valence-corrected chi connectivity index (χ1v) is 5.48. The number of hydrogen-bond donors (Lipinski definition) is 0. The molecule has 0 aliphatic carbocycles. The lowest BCUT2D eigenvalue weighted by Gasteiger charge is -2.29. The lowest BCUT2D eigenvalue weighted by molar-refractivity contribution is 0.182. The van der Waals surface area contributed by atoms with Gasteiger partial charge in [-0.15, -0.1) is 0 Å². The van der Waals surface area contributed by atoms with Gasteiger partial charge < -0.3 is 9.64 Å². The van der Waals surface area contributed by atoms with E-state index in [0.29, 0.717) is 18.2 Å². The molecule has 0 spiro atoms. The number of rotatable bonds is 5. The molecule has 3 heteroatoms. The maximum Gasteiger partial charge on any atom is 0.0992 e. The summed E-state index contributed by atoms with van der Waals surface area (Å²) in [6.45, 7) is 5.81. The minimum absolute atomic E-state index is 0.309. The van der Waals surface area contributed by atoms with Crippen molar-refractivity contribution < 1.29 is 4.74 Å². The van der Waals surface area contributed by atoms with E-state index >= 15 is 0 Å². The van der Waals surface area contributed by atoms with Crippen LogP contribution < -0.4 is 4.90 Å². The second-order valence-electron chi connectivity index (χ2n) is 3.75. The Kier molecular flexibility index (Phi) is 4.81. The molecule has 0 aliphatic rings. The first kappa shape index (κ1) is 12.5. The third-order valence-electron chi connectivity index (χ3n) is 2.59. The molecule has 0 radical (unpaired) electrons. The fourth-order valence-electron chi connectivity index (χ4n) is 1.83. The third-order valence-corrected chi connectivity index (χ3v) is 2.59. The van der Waals surface area contributed by atoms with Crippen LogP contribution >= 0.6 is 0 Å². The van der Waals surface area contributed by atoms with Gasteiger partial charge in [-0.25, -0.2) is 0 Å². The first-order chi connectivity index (χ1) is 7.72. The minimum atomic E-state index is 0.309. The van der Waals surface area contributed by atoms with Gasteiger partial charge >= 0.3 is 0 Å². The van der Waals surface area contributed by atoms with Gasteiger partial charge in [-0.05, 0) is 32.0 Å². The van der Waals surface area contributed by atoms with Gasteiger partial charge in [-0.2, -0.15) is 5.26 Å². The molecule has 1 atom stereocenters. The van der Waals surface area contributed by atoms with Crippen molar-refractivity contribution in [2.45, 2.75) is 19.9 Å². The zero-order chi connectivity index (χ0) is 12.0. The van der Waals surface area contributed by atoms with E-state index in [9.17, 15) is 0 Å². The molecular weight excluding hydrogens is 200 g/mol. The summed E-state index contributed by atoms with van der Waals surface area (Å²) in [4.78, 5) is 2.23. The van der Waals surface area contributed by atoms with Crippen molar-refractivity contribution in [3.05, 3.63) is 29.8 Å². The summed E-state index contributed by atoms with van der Waals surface area (Å²) < 4.78 is 5.16. The maximum absolute atomic E-state index is 8.87. The smallest absolute Gasteiger partial charge is 0.0992 e. The van der Waals surface area contributed by atoms with E-state index in [-0.39, 0.29) is 0 Å². The summed E-state index contributed by atoms with van der Waals surface area (Å²) in [6.07, 6.45) is 0. The Labute approximate surface area is 97.3 Å². The highest BCUT2D eigenvalue weighted by molar-refractivity contribution is 5.52. The number of anilines is 1. The molecule has 1 unspecified atom stereocenters. The Balaban J connectivity index is 2.90. The van der Waals surface area contributed by atoms with E-state index in [1.807, 2.05) is 24.3 Å². The molecule has 16 heavy (non-hydrogen) atoms. The third kappa shape index (κ3) is 2.98. The van der Waals surface area contributed by atoms with Crippen LogP contribution in [0.2, 0.25) is 0 Å². The van der Waals surface area contributed by atoms with Crippen molar-refractivity contribution in [3.63, 3.8) is 0 Å². The molecule has 0 amide bonds. The normalized spacial score (nSPS) is 11.9. The maximum atomic E-state index is 8.87. The van der Waals surface area contributed by atoms with Gasteiger partial charge in [0.1, 0.15) is 0 Å². The molecule has 1 rings (SSSR count). The van der Waals surface area contributed by atoms with E-state index in [1.54, 1.807) is 7.11 Å². The van der Waals surface area contributed by atoms with Crippen molar-refractivity contribution in [2.75, 3.05) is 25.2 Å². The van der Waals surface area contributed by atoms with Crippen LogP contribution in [0.1, 0.15) is 19.4 Å². The summed E-state index contributed by atoms with van der Waals surface area (Å²) in [5.74, 6) is 0. The number of nitrogens with zero attached hydrogens (tertiary/aromatic N) is 2. The molecule has 0 heterocycles. The number of methoxy groups -OCH3 is 1. The molecule has 86 valence electrons. The van der Waals surface area contributed by atoms with Crippen LogP contribution in [-0.2, 0) is 4.74 Å². The topological polar surface area (TPSA) is 36.3 Å². The van der Waals surface area contributed by atoms with Gasteiger partial charge in [0.15, 0.2) is 0 Å². The molecule has 0 bridgehead atoms. The molecule has 0 saturated carbocycles. The summed E-state index contributed by atoms with van der Waals surface area (Å²) in [6, 6.07) is 10.1. The molecule has 1 aromatic carbocycles. The van der Waals surface area contributed by atoms with Crippen molar-refractivity contribution in [1.29, 1.82) is 5.26 Å². The summed E-state index contributed by atoms with van der Waals surface area (Å²) >= 11 is 0.